The Balaban J connectivity index is 1.60. The van der Waals surface area contributed by atoms with Gasteiger partial charge in [0.05, 0.1) is 16.8 Å². The number of rotatable bonds is 5. The van der Waals surface area contributed by atoms with Crippen molar-refractivity contribution in [3.05, 3.63) is 46.2 Å². The molecular weight excluding hydrogens is 527 g/mol. The molecule has 0 saturated heterocycles. The summed E-state index contributed by atoms with van der Waals surface area (Å²) in [6.07, 6.45) is -7.95. The maximum absolute atomic E-state index is 13.6. The molecule has 16 heteroatoms. The highest BCUT2D eigenvalue weighted by atomic mass is 35.5. The third-order valence-electron chi connectivity index (χ3n) is 6.08. The van der Waals surface area contributed by atoms with Gasteiger partial charge in [0.25, 0.3) is 5.95 Å². The van der Waals surface area contributed by atoms with Gasteiger partial charge >= 0.3 is 12.1 Å². The summed E-state index contributed by atoms with van der Waals surface area (Å²) < 4.78 is 71.4. The number of amides is 1. The van der Waals surface area contributed by atoms with Crippen molar-refractivity contribution in [3.8, 4) is 5.95 Å². The topological polar surface area (TPSA) is 138 Å². The molecule has 0 aliphatic carbocycles. The van der Waals surface area contributed by atoms with Gasteiger partial charge in [0, 0.05) is 23.8 Å². The quantitative estimate of drug-likeness (QED) is 0.359. The third-order valence-corrected chi connectivity index (χ3v) is 6.32. The van der Waals surface area contributed by atoms with Crippen molar-refractivity contribution in [2.24, 2.45) is 0 Å². The smallest absolute Gasteiger partial charge is 0.383 e. The molecule has 1 aliphatic rings. The summed E-state index contributed by atoms with van der Waals surface area (Å²) in [6.45, 7) is 3.07. The second kappa shape index (κ2) is 8.06. The number of nitrogen functional groups attached to an aromatic ring is 1. The van der Waals surface area contributed by atoms with E-state index < -0.39 is 36.3 Å². The number of nitrogens with two attached hydrogens (primary N) is 1. The van der Waals surface area contributed by atoms with E-state index in [-0.39, 0.29) is 56.5 Å². The van der Waals surface area contributed by atoms with Gasteiger partial charge in [0.1, 0.15) is 17.1 Å². The molecule has 1 unspecified atom stereocenters. The fourth-order valence-corrected chi connectivity index (χ4v) is 4.28. The Hall–Kier alpha value is -3.88. The van der Waals surface area contributed by atoms with Crippen molar-refractivity contribution in [1.82, 2.24) is 29.9 Å². The lowest BCUT2D eigenvalue weighted by atomic mass is 9.84. The van der Waals surface area contributed by atoms with E-state index in [1.165, 1.54) is 25.1 Å². The number of aromatic nitrogens is 6. The Morgan fingerprint density at radius 1 is 1.19 bits per heavy atom. The molecule has 1 aliphatic heterocycles. The first-order chi connectivity index (χ1) is 17.2. The van der Waals surface area contributed by atoms with Gasteiger partial charge in [-0.05, 0) is 31.5 Å². The fraction of sp³-hybridized carbons (Fsp3) is 0.333. The van der Waals surface area contributed by atoms with Gasteiger partial charge < -0.3 is 15.6 Å². The van der Waals surface area contributed by atoms with Crippen molar-refractivity contribution in [2.45, 2.75) is 44.2 Å². The summed E-state index contributed by atoms with van der Waals surface area (Å²) >= 11 is 6.03. The number of carbonyl (C=O) groups excluding carboxylic acids is 1. The average molecular weight is 543 g/mol. The Morgan fingerprint density at radius 2 is 1.92 bits per heavy atom. The van der Waals surface area contributed by atoms with Crippen LogP contribution < -0.4 is 11.1 Å². The number of halogens is 6. The van der Waals surface area contributed by atoms with Crippen LogP contribution in [0.2, 0.25) is 5.02 Å². The van der Waals surface area contributed by atoms with Crippen molar-refractivity contribution in [2.75, 3.05) is 11.1 Å². The molecule has 0 bridgehead atoms. The van der Waals surface area contributed by atoms with Crippen LogP contribution in [0.5, 0.6) is 0 Å². The molecule has 4 aromatic rings. The summed E-state index contributed by atoms with van der Waals surface area (Å²) in [7, 11) is 0. The molecule has 1 atom stereocenters. The second-order valence-electron chi connectivity index (χ2n) is 8.57. The molecular formula is C21H16ClF5N8O2. The molecule has 37 heavy (non-hydrogen) atoms. The van der Waals surface area contributed by atoms with Crippen LogP contribution >= 0.6 is 11.6 Å². The standard InChI is InChI=1S/C21H16ClF5N8O2/c1-8-29-16(34-37-8)19(2)13-14(28)30-18(32-15(13)31-17(19)36)35-12-4-3-9(22)7-10(12)11(33-35)5-6-20(23,24)21(25,26)27/h3-4,7H,5-6H2,1-2H3,(H3,28,30,31,32,36). The number of fused-ring (bicyclic) bond motifs is 2. The minimum absolute atomic E-state index is 0.0280. The van der Waals surface area contributed by atoms with E-state index in [2.05, 4.69) is 30.5 Å². The SMILES string of the molecule is Cc1nc(C2(C)C(=O)Nc3nc(-n4nc(CCC(F)(F)C(F)(F)F)c5cc(Cl)ccc54)nc(N)c32)no1. The van der Waals surface area contributed by atoms with E-state index in [4.69, 9.17) is 21.9 Å². The monoisotopic (exact) mass is 542 g/mol. The Bertz CT molecular complexity index is 1570. The molecule has 0 spiro atoms. The molecule has 194 valence electrons. The van der Waals surface area contributed by atoms with E-state index >= 15 is 0 Å². The molecule has 5 rings (SSSR count). The van der Waals surface area contributed by atoms with Crippen LogP contribution in [0.3, 0.4) is 0 Å². The molecule has 0 fully saturated rings. The van der Waals surface area contributed by atoms with Gasteiger partial charge in [0.2, 0.25) is 11.8 Å². The van der Waals surface area contributed by atoms with E-state index in [9.17, 15) is 26.7 Å². The zero-order valence-electron chi connectivity index (χ0n) is 19.0. The van der Waals surface area contributed by atoms with Crippen molar-refractivity contribution in [3.63, 3.8) is 0 Å². The van der Waals surface area contributed by atoms with E-state index in [0.717, 1.165) is 4.68 Å². The van der Waals surface area contributed by atoms with Crippen molar-refractivity contribution in [1.29, 1.82) is 0 Å². The number of hydrogen-bond donors (Lipinski definition) is 2. The molecule has 0 saturated carbocycles. The molecule has 4 heterocycles. The van der Waals surface area contributed by atoms with Gasteiger partial charge in [-0.2, -0.15) is 46.7 Å². The molecule has 3 aromatic heterocycles. The zero-order chi connectivity index (χ0) is 26.9. The molecule has 3 N–H and O–H groups in total. The lowest BCUT2D eigenvalue weighted by molar-refractivity contribution is -0.284. The van der Waals surface area contributed by atoms with Crippen LogP contribution in [0.15, 0.2) is 22.7 Å². The summed E-state index contributed by atoms with van der Waals surface area (Å²) in [4.78, 5) is 25.6. The first-order valence-electron chi connectivity index (χ1n) is 10.6. The van der Waals surface area contributed by atoms with Gasteiger partial charge in [0.15, 0.2) is 5.82 Å². The van der Waals surface area contributed by atoms with Crippen LogP contribution in [0.25, 0.3) is 16.9 Å². The zero-order valence-corrected chi connectivity index (χ0v) is 19.7. The van der Waals surface area contributed by atoms with Crippen LogP contribution in [0, 0.1) is 6.92 Å². The Morgan fingerprint density at radius 3 is 2.57 bits per heavy atom. The number of benzene rings is 1. The molecule has 10 nitrogen and oxygen atoms in total. The fourth-order valence-electron chi connectivity index (χ4n) is 4.11. The lowest BCUT2D eigenvalue weighted by Gasteiger charge is -2.18. The Labute approximate surface area is 209 Å². The first-order valence-corrected chi connectivity index (χ1v) is 11.0. The number of nitrogens with one attached hydrogen (secondary N) is 1. The summed E-state index contributed by atoms with van der Waals surface area (Å²) in [5, 5.41) is 11.0. The predicted octanol–water partition coefficient (Wildman–Crippen LogP) is 4.13. The van der Waals surface area contributed by atoms with E-state index in [0.29, 0.717) is 0 Å². The van der Waals surface area contributed by atoms with Gasteiger partial charge in [-0.15, -0.1) is 0 Å². The number of alkyl halides is 5. The maximum Gasteiger partial charge on any atom is 0.453 e. The minimum Gasteiger partial charge on any atom is -0.383 e. The molecule has 0 radical (unpaired) electrons. The van der Waals surface area contributed by atoms with Crippen molar-refractivity contribution < 1.29 is 31.3 Å². The largest absolute Gasteiger partial charge is 0.453 e. The third kappa shape index (κ3) is 3.84. The van der Waals surface area contributed by atoms with Crippen molar-refractivity contribution >= 4 is 40.0 Å². The second-order valence-corrected chi connectivity index (χ2v) is 9.01. The van der Waals surface area contributed by atoms with Crippen LogP contribution in [-0.2, 0) is 16.6 Å². The highest BCUT2D eigenvalue weighted by Crippen LogP contribution is 2.44. The number of nitrogens with zero attached hydrogens (tertiary/aromatic N) is 6. The van der Waals surface area contributed by atoms with E-state index in [1.807, 2.05) is 0 Å². The van der Waals surface area contributed by atoms with Crippen LogP contribution in [0.4, 0.5) is 33.6 Å². The Kier molecular flexibility index (Phi) is 5.40. The van der Waals surface area contributed by atoms with E-state index in [1.54, 1.807) is 6.92 Å². The predicted molar refractivity (Wildman–Crippen MR) is 120 cm³/mol. The van der Waals surface area contributed by atoms with Crippen LogP contribution in [0.1, 0.15) is 36.3 Å². The lowest BCUT2D eigenvalue weighted by Crippen LogP contribution is -2.36. The number of aryl methyl sites for hydroxylation is 2. The minimum atomic E-state index is -5.71. The normalized spacial score (nSPS) is 17.9. The van der Waals surface area contributed by atoms with Gasteiger partial charge in [-0.25, -0.2) is 0 Å². The molecule has 1 amide bonds. The highest BCUT2D eigenvalue weighted by Gasteiger charge is 2.56. The van der Waals surface area contributed by atoms with Gasteiger partial charge in [-0.3, -0.25) is 4.79 Å². The maximum atomic E-state index is 13.6. The number of anilines is 2. The average Bonchev–Trinajstić information content (AvgIpc) is 3.46. The number of hydrogen-bond acceptors (Lipinski definition) is 8. The highest BCUT2D eigenvalue weighted by molar-refractivity contribution is 6.31. The number of carbonyl (C=O) groups is 1. The summed E-state index contributed by atoms with van der Waals surface area (Å²) in [5.74, 6) is -5.47. The first kappa shape index (κ1) is 24.8. The van der Waals surface area contributed by atoms with Crippen LogP contribution in [-0.4, -0.2) is 47.9 Å². The molecule has 1 aromatic carbocycles. The van der Waals surface area contributed by atoms with Gasteiger partial charge in [-0.1, -0.05) is 16.8 Å². The summed E-state index contributed by atoms with van der Waals surface area (Å²) in [5.41, 5.74) is 5.12. The summed E-state index contributed by atoms with van der Waals surface area (Å²) in [6, 6.07) is 4.34.